The van der Waals surface area contributed by atoms with Crippen molar-refractivity contribution in [3.8, 4) is 0 Å². The lowest BCUT2D eigenvalue weighted by Gasteiger charge is -2.32. The second-order valence-corrected chi connectivity index (χ2v) is 19.0. The zero-order valence-electron chi connectivity index (χ0n) is 15.9. The van der Waals surface area contributed by atoms with Crippen LogP contribution in [0.25, 0.3) is 0 Å². The van der Waals surface area contributed by atoms with Crippen LogP contribution < -0.4 is 0 Å². The van der Waals surface area contributed by atoms with E-state index in [-0.39, 0.29) is 0 Å². The molecule has 0 radical (unpaired) electrons. The minimum atomic E-state index is -2.52. The molecule has 0 rings (SSSR count). The average molecular weight is 367 g/mol. The van der Waals surface area contributed by atoms with Gasteiger partial charge < -0.3 is 13.3 Å². The molecule has 1 atom stereocenters. The van der Waals surface area contributed by atoms with Gasteiger partial charge in [0.15, 0.2) is 0 Å². The standard InChI is InChI=1S/C16H38O3SSi2/c1-8-11-17-22(18-12-9-2,19-13-10-3)15-16(4)14-20-21(5,6)7/h16H,8-15H2,1-7H3. The number of hydrogen-bond acceptors (Lipinski definition) is 4. The molecule has 22 heavy (non-hydrogen) atoms. The first-order chi connectivity index (χ1) is 10.3. The molecule has 1 unspecified atom stereocenters. The van der Waals surface area contributed by atoms with Gasteiger partial charge >= 0.3 is 8.80 Å². The third-order valence-corrected chi connectivity index (χ3v) is 10.8. The molecule has 0 aliphatic carbocycles. The molecule has 0 aliphatic heterocycles. The fourth-order valence-corrected chi connectivity index (χ4v) is 8.56. The topological polar surface area (TPSA) is 27.7 Å². The minimum absolute atomic E-state index is 0.578. The van der Waals surface area contributed by atoms with Crippen LogP contribution in [-0.4, -0.2) is 41.6 Å². The Morgan fingerprint density at radius 2 is 1.23 bits per heavy atom. The van der Waals surface area contributed by atoms with Crippen LogP contribution in [0.2, 0.25) is 25.7 Å². The minimum Gasteiger partial charge on any atom is -0.373 e. The van der Waals surface area contributed by atoms with Crippen molar-refractivity contribution in [2.75, 3.05) is 25.6 Å². The van der Waals surface area contributed by atoms with Gasteiger partial charge in [0.2, 0.25) is 0 Å². The maximum absolute atomic E-state index is 6.18. The molecule has 0 saturated carbocycles. The highest BCUT2D eigenvalue weighted by molar-refractivity contribution is 8.28. The highest BCUT2D eigenvalue weighted by Gasteiger charge is 2.42. The van der Waals surface area contributed by atoms with E-state index in [4.69, 9.17) is 13.3 Å². The fraction of sp³-hybridized carbons (Fsp3) is 1.00. The molecule has 0 N–H and O–H groups in total. The molecule has 3 nitrogen and oxygen atoms in total. The highest BCUT2D eigenvalue weighted by atomic mass is 32.4. The van der Waals surface area contributed by atoms with E-state index in [2.05, 4.69) is 58.5 Å². The van der Waals surface area contributed by atoms with Crippen molar-refractivity contribution >= 4 is 27.2 Å². The van der Waals surface area contributed by atoms with Crippen molar-refractivity contribution < 1.29 is 13.3 Å². The predicted molar refractivity (Wildman–Crippen MR) is 104 cm³/mol. The van der Waals surface area contributed by atoms with Gasteiger partial charge in [-0.05, 0) is 30.9 Å². The number of rotatable bonds is 14. The molecule has 0 spiro atoms. The van der Waals surface area contributed by atoms with Gasteiger partial charge in [0.25, 0.3) is 0 Å². The van der Waals surface area contributed by atoms with Crippen molar-refractivity contribution in [2.24, 2.45) is 5.92 Å². The first-order valence-electron chi connectivity index (χ1n) is 8.84. The summed E-state index contributed by atoms with van der Waals surface area (Å²) in [6.45, 7) is 18.2. The van der Waals surface area contributed by atoms with Crippen LogP contribution in [0.15, 0.2) is 0 Å². The quantitative estimate of drug-likeness (QED) is 0.384. The molecule has 0 saturated heterocycles. The first-order valence-corrected chi connectivity index (χ1v) is 16.0. The molecule has 0 amide bonds. The van der Waals surface area contributed by atoms with Crippen LogP contribution >= 0.6 is 11.2 Å². The van der Waals surface area contributed by atoms with Gasteiger partial charge in [-0.1, -0.05) is 47.3 Å². The van der Waals surface area contributed by atoms with Crippen LogP contribution in [0.5, 0.6) is 0 Å². The second-order valence-electron chi connectivity index (χ2n) is 6.96. The van der Waals surface area contributed by atoms with Crippen LogP contribution in [0.1, 0.15) is 47.0 Å². The summed E-state index contributed by atoms with van der Waals surface area (Å²) in [5.41, 5.74) is 0. The molecule has 0 aliphatic rings. The maximum Gasteiger partial charge on any atom is 0.501 e. The Morgan fingerprint density at radius 1 is 0.818 bits per heavy atom. The summed E-state index contributed by atoms with van der Waals surface area (Å²) in [5, 5.41) is 0. The van der Waals surface area contributed by atoms with Crippen LogP contribution in [0.3, 0.4) is 0 Å². The summed E-state index contributed by atoms with van der Waals surface area (Å²) in [7, 11) is -3.58. The Hall–Kier alpha value is 0.664. The average Bonchev–Trinajstić information content (AvgIpc) is 2.46. The van der Waals surface area contributed by atoms with E-state index in [0.29, 0.717) is 5.92 Å². The molecule has 0 aromatic carbocycles. The third kappa shape index (κ3) is 11.2. The lowest BCUT2D eigenvalue weighted by molar-refractivity contribution is 0.0565. The van der Waals surface area contributed by atoms with Gasteiger partial charge in [0, 0.05) is 25.9 Å². The number of hydrogen-bond donors (Lipinski definition) is 0. The monoisotopic (exact) mass is 366 g/mol. The Bertz CT molecular complexity index is 251. The Balaban J connectivity index is 4.75. The molecule has 0 aromatic heterocycles. The molecule has 0 heterocycles. The molecule has 0 bridgehead atoms. The van der Waals surface area contributed by atoms with Crippen molar-refractivity contribution in [1.82, 2.24) is 0 Å². The van der Waals surface area contributed by atoms with Crippen LogP contribution in [0.4, 0.5) is 0 Å². The molecule has 6 heteroatoms. The lowest BCUT2D eigenvalue weighted by atomic mass is 10.3. The second kappa shape index (κ2) is 12.1. The van der Waals surface area contributed by atoms with Gasteiger partial charge in [-0.25, -0.2) is 0 Å². The zero-order chi connectivity index (χ0) is 17.1. The fourth-order valence-electron chi connectivity index (χ4n) is 1.95. The van der Waals surface area contributed by atoms with Crippen molar-refractivity contribution in [3.05, 3.63) is 0 Å². The Kier molecular flexibility index (Phi) is 12.5. The molecule has 0 aromatic rings. The summed E-state index contributed by atoms with van der Waals surface area (Å²) < 4.78 is 18.5. The van der Waals surface area contributed by atoms with Crippen LogP contribution in [0, 0.1) is 5.92 Å². The van der Waals surface area contributed by atoms with Crippen molar-refractivity contribution in [3.63, 3.8) is 0 Å². The van der Waals surface area contributed by atoms with Gasteiger partial charge in [0.05, 0.1) is 0 Å². The van der Waals surface area contributed by atoms with E-state index in [1.54, 1.807) is 0 Å². The Morgan fingerprint density at radius 3 is 1.55 bits per heavy atom. The largest absolute Gasteiger partial charge is 0.501 e. The molecule has 134 valence electrons. The van der Waals surface area contributed by atoms with E-state index < -0.39 is 16.0 Å². The zero-order valence-corrected chi connectivity index (χ0v) is 18.7. The summed E-state index contributed by atoms with van der Waals surface area (Å²) in [6.07, 6.45) is 3.03. The summed E-state index contributed by atoms with van der Waals surface area (Å²) in [5.74, 6) is 1.76. The van der Waals surface area contributed by atoms with Crippen molar-refractivity contribution in [2.45, 2.75) is 72.6 Å². The lowest BCUT2D eigenvalue weighted by Crippen LogP contribution is -2.48. The summed E-state index contributed by atoms with van der Waals surface area (Å²) in [4.78, 5) is 0. The van der Waals surface area contributed by atoms with Gasteiger partial charge in [-0.15, -0.1) is 0 Å². The maximum atomic E-state index is 6.18. The molecular weight excluding hydrogens is 328 g/mol. The summed E-state index contributed by atoms with van der Waals surface area (Å²) in [6, 6.07) is 0.949. The summed E-state index contributed by atoms with van der Waals surface area (Å²) >= 11 is 2.15. The predicted octanol–water partition coefficient (Wildman–Crippen LogP) is 5.41. The van der Waals surface area contributed by atoms with Gasteiger partial charge in [-0.2, -0.15) is 11.2 Å². The smallest absolute Gasteiger partial charge is 0.373 e. The van der Waals surface area contributed by atoms with Gasteiger partial charge in [0.1, 0.15) is 7.22 Å². The first kappa shape index (κ1) is 22.7. The van der Waals surface area contributed by atoms with Crippen molar-refractivity contribution in [1.29, 1.82) is 0 Å². The van der Waals surface area contributed by atoms with E-state index in [0.717, 1.165) is 45.1 Å². The highest BCUT2D eigenvalue weighted by Crippen LogP contribution is 2.28. The van der Waals surface area contributed by atoms with E-state index in [1.165, 1.54) is 5.75 Å². The third-order valence-electron chi connectivity index (χ3n) is 2.98. The van der Waals surface area contributed by atoms with E-state index in [1.807, 2.05) is 0 Å². The molecular formula is C16H38O3SSi2. The van der Waals surface area contributed by atoms with Crippen LogP contribution in [-0.2, 0) is 13.3 Å². The normalized spacial score (nSPS) is 14.3. The van der Waals surface area contributed by atoms with E-state index >= 15 is 0 Å². The van der Waals surface area contributed by atoms with Gasteiger partial charge in [-0.3, -0.25) is 0 Å². The SMILES string of the molecule is CCCO[Si](CC(C)CS[Si](C)(C)C)(OCCC)OCCC. The van der Waals surface area contributed by atoms with E-state index in [9.17, 15) is 0 Å². The molecule has 0 fully saturated rings. The Labute approximate surface area is 144 Å².